The summed E-state index contributed by atoms with van der Waals surface area (Å²) in [7, 11) is 0. The highest BCUT2D eigenvalue weighted by Gasteiger charge is 2.55. The second-order valence-electron chi connectivity index (χ2n) is 7.81. The molecule has 1 aromatic heterocycles. The fraction of sp³-hybridized carbons (Fsp3) is 0.227. The number of anilines is 3. The van der Waals surface area contributed by atoms with Crippen molar-refractivity contribution in [2.75, 3.05) is 11.1 Å². The minimum atomic E-state index is -1.02. The number of carbonyl (C=O) groups excluding carboxylic acids is 2. The van der Waals surface area contributed by atoms with Crippen LogP contribution < -0.4 is 16.4 Å². The topological polar surface area (TPSA) is 126 Å². The Balaban J connectivity index is 1.40. The van der Waals surface area contributed by atoms with Gasteiger partial charge in [0.05, 0.1) is 6.54 Å². The lowest BCUT2D eigenvalue weighted by molar-refractivity contribution is -0.132. The van der Waals surface area contributed by atoms with Crippen molar-refractivity contribution in [3.63, 3.8) is 0 Å². The van der Waals surface area contributed by atoms with Gasteiger partial charge in [-0.1, -0.05) is 42.0 Å². The van der Waals surface area contributed by atoms with Gasteiger partial charge in [0.15, 0.2) is 5.82 Å². The lowest BCUT2D eigenvalue weighted by Crippen LogP contribution is -2.41. The Morgan fingerprint density at radius 1 is 1.10 bits per heavy atom. The van der Waals surface area contributed by atoms with Crippen molar-refractivity contribution in [1.29, 1.82) is 0 Å². The van der Waals surface area contributed by atoms with E-state index in [1.807, 2.05) is 55.5 Å². The number of fused-ring (bicyclic) bond motifs is 2. The second-order valence-corrected chi connectivity index (χ2v) is 7.81. The Hall–Kier alpha value is -4.01. The van der Waals surface area contributed by atoms with Crippen molar-refractivity contribution in [2.24, 2.45) is 0 Å². The fourth-order valence-corrected chi connectivity index (χ4v) is 4.21. The Morgan fingerprint density at radius 2 is 1.87 bits per heavy atom. The van der Waals surface area contributed by atoms with Crippen molar-refractivity contribution >= 4 is 29.5 Å². The number of carbonyl (C=O) groups is 2. The van der Waals surface area contributed by atoms with Crippen LogP contribution in [0.3, 0.4) is 0 Å². The first-order chi connectivity index (χ1) is 14.9. The molecule has 9 heteroatoms. The number of nitrogens with one attached hydrogen (secondary N) is 2. The molecule has 1 spiro atoms. The van der Waals surface area contributed by atoms with E-state index >= 15 is 0 Å². The summed E-state index contributed by atoms with van der Waals surface area (Å²) in [6.07, 6.45) is 1.27. The number of rotatable bonds is 4. The van der Waals surface area contributed by atoms with Crippen LogP contribution >= 0.6 is 0 Å². The molecule has 1 aliphatic carbocycles. The van der Waals surface area contributed by atoms with Gasteiger partial charge in [-0.25, -0.2) is 4.79 Å². The third-order valence-electron chi connectivity index (χ3n) is 5.73. The number of hydrogen-bond acceptors (Lipinski definition) is 7. The summed E-state index contributed by atoms with van der Waals surface area (Å²) in [5, 5.41) is 5.97. The SMILES string of the molecule is Cc1ccc(Nc2nc(N)nc(CN3C(=O)NC4(CCc5ccccc54)C3=O)n2)cc1. The molecular formula is C22H21N7O2. The number of nitrogen functional groups attached to an aromatic ring is 1. The zero-order valence-corrected chi connectivity index (χ0v) is 16.9. The lowest BCUT2D eigenvalue weighted by atomic mass is 9.92. The van der Waals surface area contributed by atoms with E-state index < -0.39 is 11.6 Å². The number of imide groups is 1. The summed E-state index contributed by atoms with van der Waals surface area (Å²) in [5.41, 5.74) is 8.68. The normalized spacial score (nSPS) is 19.6. The van der Waals surface area contributed by atoms with Crippen LogP contribution in [0.15, 0.2) is 48.5 Å². The van der Waals surface area contributed by atoms with Crippen LogP contribution in [0.1, 0.15) is 28.9 Å². The Morgan fingerprint density at radius 3 is 2.68 bits per heavy atom. The molecule has 1 atom stereocenters. The van der Waals surface area contributed by atoms with Gasteiger partial charge in [-0.2, -0.15) is 15.0 Å². The van der Waals surface area contributed by atoms with Gasteiger partial charge in [0.2, 0.25) is 11.9 Å². The minimum absolute atomic E-state index is 0.00703. The predicted molar refractivity (Wildman–Crippen MR) is 114 cm³/mol. The molecule has 0 radical (unpaired) electrons. The average molecular weight is 415 g/mol. The molecular weight excluding hydrogens is 394 g/mol. The van der Waals surface area contributed by atoms with Gasteiger partial charge in [0, 0.05) is 5.69 Å². The number of nitrogens with two attached hydrogens (primary N) is 1. The van der Waals surface area contributed by atoms with Crippen LogP contribution in [0.5, 0.6) is 0 Å². The van der Waals surface area contributed by atoms with E-state index in [1.165, 1.54) is 0 Å². The van der Waals surface area contributed by atoms with Crippen molar-refractivity contribution in [2.45, 2.75) is 31.8 Å². The maximum Gasteiger partial charge on any atom is 0.325 e. The van der Waals surface area contributed by atoms with Crippen LogP contribution in [-0.2, 0) is 23.3 Å². The predicted octanol–water partition coefficient (Wildman–Crippen LogP) is 2.40. The Labute approximate surface area is 178 Å². The summed E-state index contributed by atoms with van der Waals surface area (Å²) >= 11 is 0. The van der Waals surface area contributed by atoms with E-state index in [9.17, 15) is 9.59 Å². The van der Waals surface area contributed by atoms with Crippen LogP contribution in [0, 0.1) is 6.92 Å². The number of nitrogens with zero attached hydrogens (tertiary/aromatic N) is 4. The van der Waals surface area contributed by atoms with Crippen LogP contribution in [-0.4, -0.2) is 31.8 Å². The highest BCUT2D eigenvalue weighted by atomic mass is 16.2. The van der Waals surface area contributed by atoms with E-state index in [0.29, 0.717) is 6.42 Å². The van der Waals surface area contributed by atoms with Gasteiger partial charge < -0.3 is 16.4 Å². The van der Waals surface area contributed by atoms with Gasteiger partial charge >= 0.3 is 6.03 Å². The maximum absolute atomic E-state index is 13.3. The largest absolute Gasteiger partial charge is 0.368 e. The first kappa shape index (κ1) is 19.0. The zero-order chi connectivity index (χ0) is 21.6. The minimum Gasteiger partial charge on any atom is -0.368 e. The number of amides is 3. The molecule has 156 valence electrons. The number of aryl methyl sites for hydroxylation is 2. The monoisotopic (exact) mass is 415 g/mol. The molecule has 1 unspecified atom stereocenters. The van der Waals surface area contributed by atoms with Crippen molar-refractivity contribution in [3.8, 4) is 0 Å². The summed E-state index contributed by atoms with van der Waals surface area (Å²) in [4.78, 5) is 39.8. The lowest BCUT2D eigenvalue weighted by Gasteiger charge is -2.22. The van der Waals surface area contributed by atoms with Gasteiger partial charge in [-0.15, -0.1) is 0 Å². The molecule has 1 aliphatic heterocycles. The van der Waals surface area contributed by atoms with Crippen molar-refractivity contribution in [1.82, 2.24) is 25.2 Å². The molecule has 3 aromatic rings. The quantitative estimate of drug-likeness (QED) is 0.559. The molecule has 5 rings (SSSR count). The highest BCUT2D eigenvalue weighted by molar-refractivity contribution is 6.08. The Bertz CT molecular complexity index is 1190. The summed E-state index contributed by atoms with van der Waals surface area (Å²) < 4.78 is 0. The average Bonchev–Trinajstić information content (AvgIpc) is 3.23. The van der Waals surface area contributed by atoms with Crippen LogP contribution in [0.25, 0.3) is 0 Å². The van der Waals surface area contributed by atoms with E-state index in [2.05, 4.69) is 25.6 Å². The summed E-state index contributed by atoms with van der Waals surface area (Å²) in [5.74, 6) is 0.190. The molecule has 9 nitrogen and oxygen atoms in total. The van der Waals surface area contributed by atoms with Crippen LogP contribution in [0.4, 0.5) is 22.4 Å². The molecule has 2 aromatic carbocycles. The van der Waals surface area contributed by atoms with E-state index in [1.54, 1.807) is 0 Å². The molecule has 4 N–H and O–H groups in total. The molecule has 3 amide bonds. The highest BCUT2D eigenvalue weighted by Crippen LogP contribution is 2.41. The van der Waals surface area contributed by atoms with Crippen molar-refractivity contribution < 1.29 is 9.59 Å². The van der Waals surface area contributed by atoms with Crippen molar-refractivity contribution in [3.05, 3.63) is 71.0 Å². The maximum atomic E-state index is 13.3. The first-order valence-corrected chi connectivity index (χ1v) is 10.0. The van der Waals surface area contributed by atoms with Gasteiger partial charge in [0.1, 0.15) is 5.54 Å². The summed E-state index contributed by atoms with van der Waals surface area (Å²) in [6.45, 7) is 1.90. The fourth-order valence-electron chi connectivity index (χ4n) is 4.21. The third kappa shape index (κ3) is 3.24. The number of urea groups is 1. The molecule has 1 fully saturated rings. The summed E-state index contributed by atoms with van der Waals surface area (Å²) in [6, 6.07) is 14.9. The molecule has 2 aliphatic rings. The number of hydrogen-bond donors (Lipinski definition) is 3. The van der Waals surface area contributed by atoms with Gasteiger partial charge in [-0.05, 0) is 43.0 Å². The molecule has 31 heavy (non-hydrogen) atoms. The molecule has 0 bridgehead atoms. The van der Waals surface area contributed by atoms with Crippen LogP contribution in [0.2, 0.25) is 0 Å². The van der Waals surface area contributed by atoms with E-state index in [4.69, 9.17) is 5.73 Å². The number of benzene rings is 2. The number of aromatic nitrogens is 3. The molecule has 2 heterocycles. The second kappa shape index (κ2) is 7.05. The first-order valence-electron chi connectivity index (χ1n) is 10.0. The Kier molecular flexibility index (Phi) is 4.32. The smallest absolute Gasteiger partial charge is 0.325 e. The third-order valence-corrected chi connectivity index (χ3v) is 5.73. The van der Waals surface area contributed by atoms with Gasteiger partial charge in [-0.3, -0.25) is 9.69 Å². The van der Waals surface area contributed by atoms with Gasteiger partial charge in [0.25, 0.3) is 5.91 Å². The molecule has 1 saturated heterocycles. The zero-order valence-electron chi connectivity index (χ0n) is 16.9. The van der Waals surface area contributed by atoms with E-state index in [-0.39, 0.29) is 30.2 Å². The standard InChI is InChI=1S/C22H21N7O2/c1-13-6-8-15(9-7-13)24-20-26-17(25-19(23)27-20)12-29-18(30)22(28-21(29)31)11-10-14-4-2-3-5-16(14)22/h2-9H,10-12H2,1H3,(H,28,31)(H3,23,24,25,26,27). The van der Waals surface area contributed by atoms with E-state index in [0.717, 1.165) is 33.7 Å². The molecule has 0 saturated carbocycles.